The van der Waals surface area contributed by atoms with Crippen LogP contribution in [0.2, 0.25) is 0 Å². The van der Waals surface area contributed by atoms with Crippen LogP contribution in [0.5, 0.6) is 5.75 Å². The number of ether oxygens (including phenoxy) is 1. The Hall–Kier alpha value is -1.95. The van der Waals surface area contributed by atoms with Gasteiger partial charge in [-0.15, -0.1) is 0 Å². The van der Waals surface area contributed by atoms with E-state index in [1.165, 1.54) is 31.2 Å². The average Bonchev–Trinajstić information content (AvgIpc) is 2.48. The van der Waals surface area contributed by atoms with Crippen molar-refractivity contribution in [1.29, 1.82) is 0 Å². The molecule has 0 saturated carbocycles. The van der Waals surface area contributed by atoms with Gasteiger partial charge in [-0.2, -0.15) is 0 Å². The predicted octanol–water partition coefficient (Wildman–Crippen LogP) is 4.50. The molecule has 0 bridgehead atoms. The molecule has 2 aromatic carbocycles. The Morgan fingerprint density at radius 2 is 2.00 bits per heavy atom. The molecular weight excluding hydrogens is 344 g/mol. The van der Waals surface area contributed by atoms with Gasteiger partial charge in [-0.25, -0.2) is 8.78 Å². The van der Waals surface area contributed by atoms with Crippen molar-refractivity contribution in [3.05, 3.63) is 63.6 Å². The first kappa shape index (κ1) is 15.4. The topological polar surface area (TPSA) is 41.8 Å². The lowest BCUT2D eigenvalue weighted by atomic mass is 10.1. The van der Waals surface area contributed by atoms with Crippen molar-refractivity contribution in [1.82, 2.24) is 0 Å². The zero-order valence-corrected chi connectivity index (χ0v) is 12.7. The SMILES string of the molecule is C/C(=N/O)c1cc(F)ccc1OCc1ccc(F)c(Br)c1. The lowest BCUT2D eigenvalue weighted by molar-refractivity contribution is 0.302. The minimum atomic E-state index is -0.454. The number of oxime groups is 1. The summed E-state index contributed by atoms with van der Waals surface area (Å²) in [5, 5.41) is 11.9. The minimum Gasteiger partial charge on any atom is -0.488 e. The molecule has 21 heavy (non-hydrogen) atoms. The van der Waals surface area contributed by atoms with Crippen molar-refractivity contribution in [2.75, 3.05) is 0 Å². The van der Waals surface area contributed by atoms with Crippen LogP contribution < -0.4 is 4.74 Å². The summed E-state index contributed by atoms with van der Waals surface area (Å²) in [7, 11) is 0. The normalized spacial score (nSPS) is 11.5. The summed E-state index contributed by atoms with van der Waals surface area (Å²) in [5.41, 5.74) is 1.35. The van der Waals surface area contributed by atoms with Gasteiger partial charge in [0.05, 0.1) is 10.2 Å². The minimum absolute atomic E-state index is 0.177. The quantitative estimate of drug-likeness (QED) is 0.498. The van der Waals surface area contributed by atoms with E-state index in [2.05, 4.69) is 21.1 Å². The number of rotatable bonds is 4. The van der Waals surface area contributed by atoms with E-state index in [4.69, 9.17) is 9.94 Å². The van der Waals surface area contributed by atoms with Gasteiger partial charge in [0.25, 0.3) is 0 Å². The highest BCUT2D eigenvalue weighted by atomic mass is 79.9. The van der Waals surface area contributed by atoms with Crippen LogP contribution in [0.25, 0.3) is 0 Å². The van der Waals surface area contributed by atoms with Gasteiger partial charge < -0.3 is 9.94 Å². The standard InChI is InChI=1S/C15H12BrF2NO2/c1-9(19-20)12-7-11(17)3-5-15(12)21-8-10-2-4-14(18)13(16)6-10/h2-7,20H,8H2,1H3/b19-9-. The van der Waals surface area contributed by atoms with Crippen LogP contribution in [0, 0.1) is 11.6 Å². The van der Waals surface area contributed by atoms with Gasteiger partial charge in [-0.3, -0.25) is 0 Å². The molecule has 2 rings (SSSR count). The van der Waals surface area contributed by atoms with Crippen LogP contribution in [-0.4, -0.2) is 10.9 Å². The molecule has 1 N–H and O–H groups in total. The lowest BCUT2D eigenvalue weighted by Crippen LogP contribution is -2.03. The monoisotopic (exact) mass is 355 g/mol. The Morgan fingerprint density at radius 1 is 1.24 bits per heavy atom. The molecule has 0 radical (unpaired) electrons. The fourth-order valence-corrected chi connectivity index (χ4v) is 2.18. The van der Waals surface area contributed by atoms with Crippen molar-refractivity contribution >= 4 is 21.6 Å². The smallest absolute Gasteiger partial charge is 0.137 e. The molecule has 0 aliphatic carbocycles. The fourth-order valence-electron chi connectivity index (χ4n) is 1.76. The van der Waals surface area contributed by atoms with Crippen LogP contribution in [0.3, 0.4) is 0 Å². The Bertz CT molecular complexity index is 689. The molecule has 3 nitrogen and oxygen atoms in total. The van der Waals surface area contributed by atoms with Crippen molar-refractivity contribution < 1.29 is 18.7 Å². The summed E-state index contributed by atoms with van der Waals surface area (Å²) in [6, 6.07) is 8.46. The highest BCUT2D eigenvalue weighted by molar-refractivity contribution is 9.10. The van der Waals surface area contributed by atoms with Crippen molar-refractivity contribution in [3.8, 4) is 5.75 Å². The highest BCUT2D eigenvalue weighted by Gasteiger charge is 2.10. The van der Waals surface area contributed by atoms with Gasteiger partial charge in [0.2, 0.25) is 0 Å². The van der Waals surface area contributed by atoms with E-state index < -0.39 is 5.82 Å². The van der Waals surface area contributed by atoms with Gasteiger partial charge in [-0.1, -0.05) is 11.2 Å². The molecule has 0 aliphatic rings. The summed E-state index contributed by atoms with van der Waals surface area (Å²) in [4.78, 5) is 0. The molecule has 6 heteroatoms. The highest BCUT2D eigenvalue weighted by Crippen LogP contribution is 2.23. The van der Waals surface area contributed by atoms with Gasteiger partial charge in [-0.05, 0) is 58.7 Å². The third kappa shape index (κ3) is 3.78. The molecular formula is C15H12BrF2NO2. The molecule has 0 spiro atoms. The van der Waals surface area contributed by atoms with Gasteiger partial charge >= 0.3 is 0 Å². The van der Waals surface area contributed by atoms with Crippen molar-refractivity contribution in [2.24, 2.45) is 5.16 Å². The van der Waals surface area contributed by atoms with Gasteiger partial charge in [0.1, 0.15) is 24.0 Å². The molecule has 0 unspecified atom stereocenters. The molecule has 0 heterocycles. The van der Waals surface area contributed by atoms with E-state index >= 15 is 0 Å². The number of nitrogens with zero attached hydrogens (tertiary/aromatic N) is 1. The Balaban J connectivity index is 2.21. The molecule has 0 aromatic heterocycles. The number of hydrogen-bond acceptors (Lipinski definition) is 3. The molecule has 0 amide bonds. The van der Waals surface area contributed by atoms with Crippen LogP contribution in [0.15, 0.2) is 46.0 Å². The van der Waals surface area contributed by atoms with Crippen molar-refractivity contribution in [2.45, 2.75) is 13.5 Å². The van der Waals surface area contributed by atoms with E-state index in [9.17, 15) is 8.78 Å². The van der Waals surface area contributed by atoms with E-state index in [1.54, 1.807) is 12.1 Å². The molecule has 0 atom stereocenters. The van der Waals surface area contributed by atoms with E-state index in [1.807, 2.05) is 0 Å². The Kier molecular flexibility index (Phi) is 4.90. The zero-order chi connectivity index (χ0) is 15.4. The second kappa shape index (κ2) is 6.67. The van der Waals surface area contributed by atoms with Crippen LogP contribution >= 0.6 is 15.9 Å². The molecule has 2 aromatic rings. The lowest BCUT2D eigenvalue weighted by Gasteiger charge is -2.11. The molecule has 110 valence electrons. The Labute approximate surface area is 129 Å². The molecule has 0 saturated heterocycles. The summed E-state index contributed by atoms with van der Waals surface area (Å²) >= 11 is 3.10. The Morgan fingerprint density at radius 3 is 2.67 bits per heavy atom. The number of benzene rings is 2. The number of halogens is 3. The maximum atomic E-state index is 13.3. The first-order valence-corrected chi connectivity index (χ1v) is 6.86. The van der Waals surface area contributed by atoms with Gasteiger partial charge in [0, 0.05) is 5.56 Å². The molecule has 0 fully saturated rings. The maximum Gasteiger partial charge on any atom is 0.137 e. The van der Waals surface area contributed by atoms with E-state index in [0.29, 0.717) is 15.8 Å². The predicted molar refractivity (Wildman–Crippen MR) is 78.8 cm³/mol. The maximum absolute atomic E-state index is 13.3. The molecule has 0 aliphatic heterocycles. The first-order chi connectivity index (χ1) is 10.0. The summed E-state index contributed by atoms with van der Waals surface area (Å²) in [6.07, 6.45) is 0. The van der Waals surface area contributed by atoms with Gasteiger partial charge in [0.15, 0.2) is 0 Å². The third-order valence-electron chi connectivity index (χ3n) is 2.86. The van der Waals surface area contributed by atoms with Crippen LogP contribution in [0.1, 0.15) is 18.1 Å². The summed E-state index contributed by atoms with van der Waals surface area (Å²) in [6.45, 7) is 1.71. The first-order valence-electron chi connectivity index (χ1n) is 6.06. The van der Waals surface area contributed by atoms with E-state index in [0.717, 1.165) is 5.56 Å². The fraction of sp³-hybridized carbons (Fsp3) is 0.133. The average molecular weight is 356 g/mol. The van der Waals surface area contributed by atoms with Crippen LogP contribution in [0.4, 0.5) is 8.78 Å². The number of hydrogen-bond donors (Lipinski definition) is 1. The largest absolute Gasteiger partial charge is 0.488 e. The third-order valence-corrected chi connectivity index (χ3v) is 3.47. The second-order valence-corrected chi connectivity index (χ2v) is 5.22. The second-order valence-electron chi connectivity index (χ2n) is 4.36. The van der Waals surface area contributed by atoms with Crippen LogP contribution in [-0.2, 0) is 6.61 Å². The van der Waals surface area contributed by atoms with E-state index in [-0.39, 0.29) is 18.1 Å². The van der Waals surface area contributed by atoms with Crippen molar-refractivity contribution in [3.63, 3.8) is 0 Å². The summed E-state index contributed by atoms with van der Waals surface area (Å²) in [5.74, 6) is -0.429. The zero-order valence-electron chi connectivity index (χ0n) is 11.1. The summed E-state index contributed by atoms with van der Waals surface area (Å²) < 4.78 is 32.4.